The molecule has 0 radical (unpaired) electrons. The van der Waals surface area contributed by atoms with Crippen molar-refractivity contribution in [2.45, 2.75) is 48.4 Å². The van der Waals surface area contributed by atoms with E-state index in [-0.39, 0.29) is 41.0 Å². The minimum Gasteiger partial charge on any atom is -0.349 e. The van der Waals surface area contributed by atoms with Crippen molar-refractivity contribution in [3.05, 3.63) is 65.7 Å². The fourth-order valence-electron chi connectivity index (χ4n) is 3.31. The normalized spacial score (nSPS) is 19.7. The Balaban J connectivity index is 0.00000261. The molecule has 5 nitrogen and oxygen atoms in total. The Labute approximate surface area is 166 Å². The molecule has 1 aliphatic rings. The van der Waals surface area contributed by atoms with Crippen LogP contribution in [0.3, 0.4) is 0 Å². The first-order chi connectivity index (χ1) is 12.5. The summed E-state index contributed by atoms with van der Waals surface area (Å²) in [5.41, 5.74) is 6.84. The van der Waals surface area contributed by atoms with E-state index in [1.54, 1.807) is 54.6 Å². The highest BCUT2D eigenvalue weighted by atomic mass is 35.5. The number of nitrogens with two attached hydrogens (primary N) is 1. The summed E-state index contributed by atoms with van der Waals surface area (Å²) in [5.74, 6) is -0.416. The molecule has 1 amide bonds. The van der Waals surface area contributed by atoms with Gasteiger partial charge in [-0.25, -0.2) is 8.42 Å². The number of amides is 1. The van der Waals surface area contributed by atoms with E-state index in [0.29, 0.717) is 11.1 Å². The molecule has 1 aliphatic carbocycles. The Morgan fingerprint density at radius 3 is 2.22 bits per heavy atom. The van der Waals surface area contributed by atoms with Crippen molar-refractivity contribution >= 4 is 28.2 Å². The Morgan fingerprint density at radius 1 is 0.963 bits per heavy atom. The molecule has 0 saturated heterocycles. The average Bonchev–Trinajstić information content (AvgIpc) is 2.64. The second kappa shape index (κ2) is 9.35. The van der Waals surface area contributed by atoms with Crippen molar-refractivity contribution in [3.63, 3.8) is 0 Å². The summed E-state index contributed by atoms with van der Waals surface area (Å²) >= 11 is 0. The Hall–Kier alpha value is -1.89. The third-order valence-electron chi connectivity index (χ3n) is 4.82. The molecule has 27 heavy (non-hydrogen) atoms. The molecule has 2 aromatic rings. The lowest BCUT2D eigenvalue weighted by molar-refractivity contribution is 0.0925. The van der Waals surface area contributed by atoms with Gasteiger partial charge in [0.2, 0.25) is 0 Å². The average molecular weight is 409 g/mol. The van der Waals surface area contributed by atoms with Crippen LogP contribution in [0, 0.1) is 0 Å². The van der Waals surface area contributed by atoms with Gasteiger partial charge in [0.1, 0.15) is 0 Å². The van der Waals surface area contributed by atoms with Crippen LogP contribution in [0.5, 0.6) is 0 Å². The van der Waals surface area contributed by atoms with E-state index < -0.39 is 9.84 Å². The second-order valence-electron chi connectivity index (χ2n) is 6.81. The van der Waals surface area contributed by atoms with Crippen LogP contribution < -0.4 is 11.1 Å². The molecule has 146 valence electrons. The summed E-state index contributed by atoms with van der Waals surface area (Å²) in [6.07, 6.45) is 3.51. The van der Waals surface area contributed by atoms with Crippen molar-refractivity contribution in [2.75, 3.05) is 0 Å². The molecule has 3 rings (SSSR count). The number of hydrogen-bond donors (Lipinski definition) is 2. The number of nitrogens with one attached hydrogen (secondary N) is 1. The van der Waals surface area contributed by atoms with Gasteiger partial charge in [-0.1, -0.05) is 36.4 Å². The van der Waals surface area contributed by atoms with E-state index in [9.17, 15) is 13.2 Å². The van der Waals surface area contributed by atoms with Gasteiger partial charge in [0.15, 0.2) is 9.84 Å². The first kappa shape index (κ1) is 21.4. The number of sulfone groups is 1. The van der Waals surface area contributed by atoms with Gasteiger partial charge in [-0.2, -0.15) is 0 Å². The molecule has 2 aromatic carbocycles. The summed E-state index contributed by atoms with van der Waals surface area (Å²) in [7, 11) is -3.51. The molecular formula is C20H25ClN2O3S. The Kier molecular flexibility index (Phi) is 7.41. The maximum Gasteiger partial charge on any atom is 0.251 e. The fraction of sp³-hybridized carbons (Fsp3) is 0.350. The highest BCUT2D eigenvalue weighted by Crippen LogP contribution is 2.21. The van der Waals surface area contributed by atoms with E-state index in [1.165, 1.54) is 0 Å². The van der Waals surface area contributed by atoms with E-state index in [4.69, 9.17) is 5.73 Å². The number of halogens is 1. The monoisotopic (exact) mass is 408 g/mol. The van der Waals surface area contributed by atoms with E-state index >= 15 is 0 Å². The van der Waals surface area contributed by atoms with Crippen molar-refractivity contribution < 1.29 is 13.2 Å². The lowest BCUT2D eigenvalue weighted by Gasteiger charge is -2.27. The van der Waals surface area contributed by atoms with Gasteiger partial charge in [-0.3, -0.25) is 4.79 Å². The van der Waals surface area contributed by atoms with Crippen molar-refractivity contribution in [1.82, 2.24) is 5.32 Å². The summed E-state index contributed by atoms with van der Waals surface area (Å²) in [6, 6.07) is 15.5. The van der Waals surface area contributed by atoms with Gasteiger partial charge in [-0.15, -0.1) is 12.4 Å². The lowest BCUT2D eigenvalue weighted by Crippen LogP contribution is -2.40. The molecule has 0 aromatic heterocycles. The predicted octanol–water partition coefficient (Wildman–Crippen LogP) is 3.08. The second-order valence-corrected chi connectivity index (χ2v) is 8.80. The Morgan fingerprint density at radius 2 is 1.56 bits per heavy atom. The van der Waals surface area contributed by atoms with E-state index in [2.05, 4.69) is 5.32 Å². The molecule has 1 saturated carbocycles. The fourth-order valence-corrected chi connectivity index (χ4v) is 4.71. The van der Waals surface area contributed by atoms with E-state index in [0.717, 1.165) is 25.7 Å². The van der Waals surface area contributed by atoms with Gasteiger partial charge >= 0.3 is 0 Å². The number of rotatable bonds is 5. The summed E-state index contributed by atoms with van der Waals surface area (Å²) < 4.78 is 25.3. The molecule has 0 aliphatic heterocycles. The van der Waals surface area contributed by atoms with Crippen molar-refractivity contribution in [2.24, 2.45) is 5.73 Å². The van der Waals surface area contributed by atoms with Gasteiger partial charge in [-0.05, 0) is 49.4 Å². The molecule has 0 heterocycles. The molecule has 0 spiro atoms. The van der Waals surface area contributed by atoms with Crippen molar-refractivity contribution in [1.29, 1.82) is 0 Å². The molecule has 0 atom stereocenters. The predicted molar refractivity (Wildman–Crippen MR) is 109 cm³/mol. The van der Waals surface area contributed by atoms with Crippen LogP contribution in [0.25, 0.3) is 0 Å². The quantitative estimate of drug-likeness (QED) is 0.795. The smallest absolute Gasteiger partial charge is 0.251 e. The number of carbonyl (C=O) groups excluding carboxylic acids is 1. The third kappa shape index (κ3) is 5.54. The molecule has 0 bridgehead atoms. The number of carbonyl (C=O) groups is 1. The standard InChI is InChI=1S/C20H24N2O3S.ClH/c21-16-10-12-17(13-11-16)22-20(23)19-9-5-4-6-15(19)14-26(24,25)18-7-2-1-3-8-18;/h1-9,16-17H,10-14,21H2,(H,22,23);1H. The highest BCUT2D eigenvalue weighted by Gasteiger charge is 2.23. The SMILES string of the molecule is Cl.NC1CCC(NC(=O)c2ccccc2CS(=O)(=O)c2ccccc2)CC1. The zero-order valence-corrected chi connectivity index (χ0v) is 16.6. The van der Waals surface area contributed by atoms with Crippen LogP contribution in [-0.4, -0.2) is 26.4 Å². The maximum absolute atomic E-state index is 12.7. The molecule has 1 fully saturated rings. The minimum absolute atomic E-state index is 0. The first-order valence-corrected chi connectivity index (χ1v) is 10.5. The van der Waals surface area contributed by atoms with Gasteiger partial charge in [0, 0.05) is 17.6 Å². The highest BCUT2D eigenvalue weighted by molar-refractivity contribution is 7.90. The van der Waals surface area contributed by atoms with Gasteiger partial charge in [0.05, 0.1) is 10.6 Å². The van der Waals surface area contributed by atoms with Crippen LogP contribution in [0.4, 0.5) is 0 Å². The largest absolute Gasteiger partial charge is 0.349 e. The molecule has 3 N–H and O–H groups in total. The molecule has 0 unspecified atom stereocenters. The van der Waals surface area contributed by atoms with Crippen LogP contribution in [0.2, 0.25) is 0 Å². The summed E-state index contributed by atoms with van der Waals surface area (Å²) in [4.78, 5) is 13.0. The van der Waals surface area contributed by atoms with Crippen LogP contribution in [-0.2, 0) is 15.6 Å². The third-order valence-corrected chi connectivity index (χ3v) is 6.50. The van der Waals surface area contributed by atoms with E-state index in [1.807, 2.05) is 0 Å². The number of benzene rings is 2. The first-order valence-electron chi connectivity index (χ1n) is 8.88. The molecular weight excluding hydrogens is 384 g/mol. The zero-order chi connectivity index (χ0) is 18.6. The van der Waals surface area contributed by atoms with Gasteiger partial charge in [0.25, 0.3) is 5.91 Å². The van der Waals surface area contributed by atoms with Crippen molar-refractivity contribution in [3.8, 4) is 0 Å². The maximum atomic E-state index is 12.7. The van der Waals surface area contributed by atoms with Gasteiger partial charge < -0.3 is 11.1 Å². The molecule has 7 heteroatoms. The topological polar surface area (TPSA) is 89.3 Å². The lowest BCUT2D eigenvalue weighted by atomic mass is 9.91. The zero-order valence-electron chi connectivity index (χ0n) is 15.0. The van der Waals surface area contributed by atoms with Crippen LogP contribution >= 0.6 is 12.4 Å². The number of hydrogen-bond acceptors (Lipinski definition) is 4. The summed E-state index contributed by atoms with van der Waals surface area (Å²) in [6.45, 7) is 0. The van der Waals surface area contributed by atoms with Crippen LogP contribution in [0.1, 0.15) is 41.6 Å². The van der Waals surface area contributed by atoms with Crippen LogP contribution in [0.15, 0.2) is 59.5 Å². The summed E-state index contributed by atoms with van der Waals surface area (Å²) in [5, 5.41) is 3.03. The Bertz CT molecular complexity index is 864. The minimum atomic E-state index is -3.51.